The molecule has 0 saturated heterocycles. The van der Waals surface area contributed by atoms with Crippen LogP contribution in [0.3, 0.4) is 0 Å². The van der Waals surface area contributed by atoms with E-state index in [4.69, 9.17) is 9.47 Å². The van der Waals surface area contributed by atoms with Gasteiger partial charge < -0.3 is 9.47 Å². The van der Waals surface area contributed by atoms with Crippen LogP contribution in [0.1, 0.15) is 24.1 Å². The molecule has 0 amide bonds. The van der Waals surface area contributed by atoms with E-state index in [2.05, 4.69) is 21.2 Å². The maximum absolute atomic E-state index is 12.3. The summed E-state index contributed by atoms with van der Waals surface area (Å²) in [5.41, 5.74) is 1.93. The summed E-state index contributed by atoms with van der Waals surface area (Å²) in [6.07, 6.45) is 0. The standard InChI is InChI=1S/C18H20BrNO3/c1-3-23-18(21)17(20-12-13-7-5-4-6-8-13)14-9-10-16(22-2)15(19)11-14/h4-11,17,20H,3,12H2,1-2H3. The van der Waals surface area contributed by atoms with Crippen molar-refractivity contribution in [2.45, 2.75) is 19.5 Å². The molecule has 2 aromatic rings. The van der Waals surface area contributed by atoms with Crippen molar-refractivity contribution in [3.05, 3.63) is 64.1 Å². The average Bonchev–Trinajstić information content (AvgIpc) is 2.56. The average molecular weight is 378 g/mol. The predicted octanol–water partition coefficient (Wildman–Crippen LogP) is 3.85. The second-order valence-corrected chi connectivity index (χ2v) is 5.80. The molecule has 0 spiro atoms. The molecule has 2 rings (SSSR count). The van der Waals surface area contributed by atoms with E-state index in [0.29, 0.717) is 13.2 Å². The first-order valence-electron chi connectivity index (χ1n) is 7.43. The van der Waals surface area contributed by atoms with Gasteiger partial charge >= 0.3 is 5.97 Å². The van der Waals surface area contributed by atoms with Crippen molar-refractivity contribution in [3.8, 4) is 5.75 Å². The Morgan fingerprint density at radius 1 is 1.22 bits per heavy atom. The summed E-state index contributed by atoms with van der Waals surface area (Å²) in [7, 11) is 1.61. The minimum atomic E-state index is -0.530. The molecule has 1 N–H and O–H groups in total. The Bertz CT molecular complexity index is 646. The third kappa shape index (κ3) is 4.81. The molecule has 23 heavy (non-hydrogen) atoms. The highest BCUT2D eigenvalue weighted by Crippen LogP contribution is 2.28. The van der Waals surface area contributed by atoms with Crippen molar-refractivity contribution in [2.24, 2.45) is 0 Å². The molecule has 0 heterocycles. The SMILES string of the molecule is CCOC(=O)C(NCc1ccccc1)c1ccc(OC)c(Br)c1. The molecule has 2 aromatic carbocycles. The van der Waals surface area contributed by atoms with Gasteiger partial charge in [0.2, 0.25) is 0 Å². The Kier molecular flexibility index (Phi) is 6.62. The number of rotatable bonds is 7. The van der Waals surface area contributed by atoms with Gasteiger partial charge in [-0.25, -0.2) is 4.79 Å². The third-order valence-electron chi connectivity index (χ3n) is 3.38. The lowest BCUT2D eigenvalue weighted by Crippen LogP contribution is -2.30. The molecule has 0 bridgehead atoms. The molecule has 0 aliphatic carbocycles. The summed E-state index contributed by atoms with van der Waals surface area (Å²) in [4.78, 5) is 12.3. The molecule has 122 valence electrons. The lowest BCUT2D eigenvalue weighted by atomic mass is 10.1. The Labute approximate surface area is 144 Å². The number of hydrogen-bond donors (Lipinski definition) is 1. The van der Waals surface area contributed by atoms with Crippen LogP contribution in [0.4, 0.5) is 0 Å². The van der Waals surface area contributed by atoms with Crippen molar-refractivity contribution in [2.75, 3.05) is 13.7 Å². The van der Waals surface area contributed by atoms with Crippen LogP contribution in [0.15, 0.2) is 53.0 Å². The molecular formula is C18H20BrNO3. The molecule has 1 atom stereocenters. The van der Waals surface area contributed by atoms with Crippen LogP contribution in [0.5, 0.6) is 5.75 Å². The van der Waals surface area contributed by atoms with Gasteiger partial charge in [0.25, 0.3) is 0 Å². The fourth-order valence-electron chi connectivity index (χ4n) is 2.24. The number of nitrogens with one attached hydrogen (secondary N) is 1. The van der Waals surface area contributed by atoms with Gasteiger partial charge in [-0.05, 0) is 46.1 Å². The maximum atomic E-state index is 12.3. The second-order valence-electron chi connectivity index (χ2n) is 4.95. The molecular weight excluding hydrogens is 358 g/mol. The summed E-state index contributed by atoms with van der Waals surface area (Å²) < 4.78 is 11.2. The molecule has 0 radical (unpaired) electrons. The van der Waals surface area contributed by atoms with Crippen LogP contribution in [0, 0.1) is 0 Å². The van der Waals surface area contributed by atoms with Gasteiger partial charge in [-0.1, -0.05) is 36.4 Å². The number of hydrogen-bond acceptors (Lipinski definition) is 4. The number of ether oxygens (including phenoxy) is 2. The van der Waals surface area contributed by atoms with E-state index in [0.717, 1.165) is 21.3 Å². The summed E-state index contributed by atoms with van der Waals surface area (Å²) >= 11 is 3.45. The van der Waals surface area contributed by atoms with E-state index in [1.54, 1.807) is 14.0 Å². The number of halogens is 1. The predicted molar refractivity (Wildman–Crippen MR) is 93.3 cm³/mol. The lowest BCUT2D eigenvalue weighted by Gasteiger charge is -2.18. The van der Waals surface area contributed by atoms with Gasteiger partial charge in [0.1, 0.15) is 11.8 Å². The van der Waals surface area contributed by atoms with Crippen LogP contribution in [0.2, 0.25) is 0 Å². The Morgan fingerprint density at radius 2 is 1.96 bits per heavy atom. The summed E-state index contributed by atoms with van der Waals surface area (Å²) in [6, 6.07) is 15.0. The van der Waals surface area contributed by atoms with Gasteiger partial charge in [-0.15, -0.1) is 0 Å². The first-order chi connectivity index (χ1) is 11.2. The number of esters is 1. The summed E-state index contributed by atoms with van der Waals surface area (Å²) in [6.45, 7) is 2.73. The van der Waals surface area contributed by atoms with E-state index in [-0.39, 0.29) is 5.97 Å². The fraction of sp³-hybridized carbons (Fsp3) is 0.278. The third-order valence-corrected chi connectivity index (χ3v) is 4.00. The fourth-order valence-corrected chi connectivity index (χ4v) is 2.80. The zero-order chi connectivity index (χ0) is 16.7. The van der Waals surface area contributed by atoms with Crippen LogP contribution in [-0.2, 0) is 16.1 Å². The van der Waals surface area contributed by atoms with E-state index in [9.17, 15) is 4.79 Å². The molecule has 0 saturated carbocycles. The Balaban J connectivity index is 2.20. The monoisotopic (exact) mass is 377 g/mol. The zero-order valence-electron chi connectivity index (χ0n) is 13.2. The van der Waals surface area contributed by atoms with Gasteiger partial charge in [0.15, 0.2) is 0 Å². The topological polar surface area (TPSA) is 47.6 Å². The van der Waals surface area contributed by atoms with Gasteiger partial charge in [-0.3, -0.25) is 5.32 Å². The number of carbonyl (C=O) groups excluding carboxylic acids is 1. The van der Waals surface area contributed by atoms with Crippen molar-refractivity contribution < 1.29 is 14.3 Å². The van der Waals surface area contributed by atoms with Gasteiger partial charge in [0, 0.05) is 6.54 Å². The normalized spacial score (nSPS) is 11.8. The lowest BCUT2D eigenvalue weighted by molar-refractivity contribution is -0.145. The van der Waals surface area contributed by atoms with Crippen molar-refractivity contribution in [3.63, 3.8) is 0 Å². The van der Waals surface area contributed by atoms with Gasteiger partial charge in [0.05, 0.1) is 18.2 Å². The highest BCUT2D eigenvalue weighted by Gasteiger charge is 2.22. The number of carbonyl (C=O) groups is 1. The number of benzene rings is 2. The van der Waals surface area contributed by atoms with Crippen LogP contribution in [0.25, 0.3) is 0 Å². The molecule has 0 aliphatic rings. The van der Waals surface area contributed by atoms with Gasteiger partial charge in [-0.2, -0.15) is 0 Å². The number of methoxy groups -OCH3 is 1. The summed E-state index contributed by atoms with van der Waals surface area (Å²) in [5, 5.41) is 3.27. The van der Waals surface area contributed by atoms with Crippen molar-refractivity contribution >= 4 is 21.9 Å². The molecule has 0 aromatic heterocycles. The zero-order valence-corrected chi connectivity index (χ0v) is 14.8. The Hall–Kier alpha value is -1.85. The Morgan fingerprint density at radius 3 is 2.57 bits per heavy atom. The van der Waals surface area contributed by atoms with E-state index in [1.165, 1.54) is 0 Å². The minimum Gasteiger partial charge on any atom is -0.496 e. The van der Waals surface area contributed by atoms with Crippen LogP contribution in [-0.4, -0.2) is 19.7 Å². The molecule has 0 aliphatic heterocycles. The molecule has 4 nitrogen and oxygen atoms in total. The first-order valence-corrected chi connectivity index (χ1v) is 8.22. The second kappa shape index (κ2) is 8.70. The molecule has 0 fully saturated rings. The summed E-state index contributed by atoms with van der Waals surface area (Å²) in [5.74, 6) is 0.430. The minimum absolute atomic E-state index is 0.291. The van der Waals surface area contributed by atoms with Crippen LogP contribution >= 0.6 is 15.9 Å². The largest absolute Gasteiger partial charge is 0.496 e. The molecule has 5 heteroatoms. The quantitative estimate of drug-likeness (QED) is 0.744. The molecule has 1 unspecified atom stereocenters. The van der Waals surface area contributed by atoms with E-state index >= 15 is 0 Å². The van der Waals surface area contributed by atoms with Crippen molar-refractivity contribution in [1.29, 1.82) is 0 Å². The van der Waals surface area contributed by atoms with E-state index < -0.39 is 6.04 Å². The van der Waals surface area contributed by atoms with Crippen LogP contribution < -0.4 is 10.1 Å². The highest BCUT2D eigenvalue weighted by molar-refractivity contribution is 9.10. The van der Waals surface area contributed by atoms with E-state index in [1.807, 2.05) is 48.5 Å². The smallest absolute Gasteiger partial charge is 0.327 e. The highest BCUT2D eigenvalue weighted by atomic mass is 79.9. The first kappa shape index (κ1) is 17.5. The maximum Gasteiger partial charge on any atom is 0.327 e. The van der Waals surface area contributed by atoms with Crippen molar-refractivity contribution in [1.82, 2.24) is 5.32 Å².